The van der Waals surface area contributed by atoms with Crippen molar-refractivity contribution in [2.45, 2.75) is 45.1 Å². The summed E-state index contributed by atoms with van der Waals surface area (Å²) in [5.74, 6) is 0.277. The Kier molecular flexibility index (Phi) is 5.12. The number of hydrogen-bond acceptors (Lipinski definition) is 2. The summed E-state index contributed by atoms with van der Waals surface area (Å²) in [6.45, 7) is 5.83. The van der Waals surface area contributed by atoms with Crippen LogP contribution in [0.3, 0.4) is 0 Å². The maximum Gasteiger partial charge on any atom is 0.230 e. The summed E-state index contributed by atoms with van der Waals surface area (Å²) in [6.07, 6.45) is 1.98. The van der Waals surface area contributed by atoms with Crippen LogP contribution in [-0.2, 0) is 15.0 Å². The first-order valence-electron chi connectivity index (χ1n) is 9.15. The number of nitrogens with one attached hydrogen (secondary N) is 2. The number of carbonyl (C=O) groups excluding carboxylic acids is 2. The first-order valence-corrected chi connectivity index (χ1v) is 9.15. The highest BCUT2D eigenvalue weighted by atomic mass is 16.2. The largest absolute Gasteiger partial charge is 0.349 e. The normalized spacial score (nSPS) is 15.2. The van der Waals surface area contributed by atoms with Crippen molar-refractivity contribution in [1.29, 1.82) is 0 Å². The summed E-state index contributed by atoms with van der Waals surface area (Å²) in [5.41, 5.74) is 2.19. The zero-order chi connectivity index (χ0) is 18.7. The van der Waals surface area contributed by atoms with E-state index in [2.05, 4.69) is 10.6 Å². The number of anilines is 1. The quantitative estimate of drug-likeness (QED) is 0.821. The Morgan fingerprint density at radius 3 is 2.19 bits per heavy atom. The molecule has 4 nitrogen and oxygen atoms in total. The van der Waals surface area contributed by atoms with Gasteiger partial charge in [0.2, 0.25) is 11.8 Å². The molecule has 2 amide bonds. The second-order valence-electron chi connectivity index (χ2n) is 7.57. The molecule has 3 rings (SSSR count). The van der Waals surface area contributed by atoms with E-state index < -0.39 is 5.41 Å². The molecule has 136 valence electrons. The van der Waals surface area contributed by atoms with Gasteiger partial charge in [-0.2, -0.15) is 0 Å². The Balaban J connectivity index is 1.62. The van der Waals surface area contributed by atoms with Gasteiger partial charge in [-0.3, -0.25) is 9.59 Å². The van der Waals surface area contributed by atoms with Gasteiger partial charge >= 0.3 is 0 Å². The van der Waals surface area contributed by atoms with Crippen molar-refractivity contribution >= 4 is 17.5 Å². The summed E-state index contributed by atoms with van der Waals surface area (Å²) >= 11 is 0. The average Bonchev–Trinajstić information content (AvgIpc) is 3.48. The molecule has 0 aromatic heterocycles. The molecule has 26 heavy (non-hydrogen) atoms. The molecule has 0 heterocycles. The molecule has 0 bridgehead atoms. The fourth-order valence-electron chi connectivity index (χ4n) is 2.89. The van der Waals surface area contributed by atoms with E-state index in [4.69, 9.17) is 0 Å². The highest BCUT2D eigenvalue weighted by Crippen LogP contribution is 2.30. The van der Waals surface area contributed by atoms with Crippen LogP contribution in [0.4, 0.5) is 5.69 Å². The Bertz CT molecular complexity index is 778. The lowest BCUT2D eigenvalue weighted by Crippen LogP contribution is -2.41. The Morgan fingerprint density at radius 1 is 1.00 bits per heavy atom. The molecular weight excluding hydrogens is 324 g/mol. The maximum absolute atomic E-state index is 12.8. The van der Waals surface area contributed by atoms with E-state index in [0.717, 1.165) is 29.7 Å². The average molecular weight is 350 g/mol. The number of amides is 2. The Hall–Kier alpha value is -2.62. The smallest absolute Gasteiger partial charge is 0.230 e. The van der Waals surface area contributed by atoms with Gasteiger partial charge < -0.3 is 10.6 Å². The van der Waals surface area contributed by atoms with Gasteiger partial charge in [-0.1, -0.05) is 42.5 Å². The lowest BCUT2D eigenvalue weighted by Gasteiger charge is -2.26. The van der Waals surface area contributed by atoms with Gasteiger partial charge in [0.1, 0.15) is 0 Å². The number of hydrogen-bond donors (Lipinski definition) is 2. The number of carbonyl (C=O) groups is 2. The van der Waals surface area contributed by atoms with Crippen LogP contribution in [0.5, 0.6) is 0 Å². The van der Waals surface area contributed by atoms with Crippen molar-refractivity contribution in [3.63, 3.8) is 0 Å². The predicted octanol–water partition coefficient (Wildman–Crippen LogP) is 4.19. The van der Waals surface area contributed by atoms with E-state index >= 15 is 0 Å². The fraction of sp³-hybridized carbons (Fsp3) is 0.364. The van der Waals surface area contributed by atoms with Crippen LogP contribution in [0.2, 0.25) is 0 Å². The molecule has 0 spiro atoms. The van der Waals surface area contributed by atoms with Crippen LogP contribution in [0.15, 0.2) is 54.6 Å². The van der Waals surface area contributed by atoms with Gasteiger partial charge in [0, 0.05) is 11.6 Å². The lowest BCUT2D eigenvalue weighted by molar-refractivity contribution is -0.126. The zero-order valence-corrected chi connectivity index (χ0v) is 15.6. The van der Waals surface area contributed by atoms with E-state index in [1.54, 1.807) is 0 Å². The van der Waals surface area contributed by atoms with E-state index in [1.807, 2.05) is 75.4 Å². The topological polar surface area (TPSA) is 58.2 Å². The molecule has 0 aliphatic heterocycles. The van der Waals surface area contributed by atoms with Crippen LogP contribution >= 0.6 is 0 Å². The minimum absolute atomic E-state index is 0.0117. The Morgan fingerprint density at radius 2 is 1.62 bits per heavy atom. The SMILES string of the molecule is CC(NC(=O)C(C)(C)c1ccccc1)c1ccc(NC(=O)C2CC2)cc1. The molecule has 1 atom stereocenters. The third-order valence-electron chi connectivity index (χ3n) is 5.04. The summed E-state index contributed by atoms with van der Waals surface area (Å²) in [4.78, 5) is 24.6. The first-order chi connectivity index (χ1) is 12.4. The van der Waals surface area contributed by atoms with Gasteiger partial charge in [-0.15, -0.1) is 0 Å². The highest BCUT2D eigenvalue weighted by Gasteiger charge is 2.31. The zero-order valence-electron chi connectivity index (χ0n) is 15.6. The molecule has 0 radical (unpaired) electrons. The molecule has 4 heteroatoms. The van der Waals surface area contributed by atoms with Crippen molar-refractivity contribution in [2.24, 2.45) is 5.92 Å². The molecule has 2 N–H and O–H groups in total. The van der Waals surface area contributed by atoms with Crippen molar-refractivity contribution in [1.82, 2.24) is 5.32 Å². The Labute approximate surface area is 155 Å². The molecule has 1 fully saturated rings. The van der Waals surface area contributed by atoms with Crippen LogP contribution in [0, 0.1) is 5.92 Å². The molecule has 1 aliphatic carbocycles. The highest BCUT2D eigenvalue weighted by molar-refractivity contribution is 5.94. The van der Waals surface area contributed by atoms with Gasteiger partial charge in [-0.25, -0.2) is 0 Å². The summed E-state index contributed by atoms with van der Waals surface area (Å²) in [7, 11) is 0. The van der Waals surface area contributed by atoms with Gasteiger partial charge in [-0.05, 0) is 56.9 Å². The van der Waals surface area contributed by atoms with Crippen LogP contribution in [-0.4, -0.2) is 11.8 Å². The van der Waals surface area contributed by atoms with Crippen molar-refractivity contribution < 1.29 is 9.59 Å². The van der Waals surface area contributed by atoms with E-state index in [0.29, 0.717) is 0 Å². The van der Waals surface area contributed by atoms with Crippen LogP contribution in [0.25, 0.3) is 0 Å². The summed E-state index contributed by atoms with van der Waals surface area (Å²) < 4.78 is 0. The fourth-order valence-corrected chi connectivity index (χ4v) is 2.89. The van der Waals surface area contributed by atoms with E-state index in [-0.39, 0.29) is 23.8 Å². The monoisotopic (exact) mass is 350 g/mol. The van der Waals surface area contributed by atoms with Gasteiger partial charge in [0.15, 0.2) is 0 Å². The van der Waals surface area contributed by atoms with Crippen LogP contribution < -0.4 is 10.6 Å². The molecule has 2 aromatic carbocycles. The van der Waals surface area contributed by atoms with E-state index in [9.17, 15) is 9.59 Å². The second kappa shape index (κ2) is 7.32. The van der Waals surface area contributed by atoms with Crippen LogP contribution in [0.1, 0.15) is 50.8 Å². The van der Waals surface area contributed by atoms with Gasteiger partial charge in [0.05, 0.1) is 11.5 Å². The third-order valence-corrected chi connectivity index (χ3v) is 5.04. The molecule has 1 aliphatic rings. The molecule has 1 saturated carbocycles. The third kappa shape index (κ3) is 4.13. The molecule has 2 aromatic rings. The first kappa shape index (κ1) is 18.2. The second-order valence-corrected chi connectivity index (χ2v) is 7.57. The lowest BCUT2D eigenvalue weighted by atomic mass is 9.83. The number of benzene rings is 2. The maximum atomic E-state index is 12.8. The summed E-state index contributed by atoms with van der Waals surface area (Å²) in [6, 6.07) is 17.4. The molecule has 1 unspecified atom stereocenters. The minimum Gasteiger partial charge on any atom is -0.349 e. The van der Waals surface area contributed by atoms with Gasteiger partial charge in [0.25, 0.3) is 0 Å². The number of rotatable bonds is 6. The molecule has 0 saturated heterocycles. The summed E-state index contributed by atoms with van der Waals surface area (Å²) in [5, 5.41) is 6.03. The van der Waals surface area contributed by atoms with Crippen molar-refractivity contribution in [3.05, 3.63) is 65.7 Å². The van der Waals surface area contributed by atoms with Crippen molar-refractivity contribution in [2.75, 3.05) is 5.32 Å². The standard InChI is InChI=1S/C22H26N2O2/c1-15(23-21(26)22(2,3)18-7-5-4-6-8-18)16-11-13-19(14-12-16)24-20(25)17-9-10-17/h4-8,11-15,17H,9-10H2,1-3H3,(H,23,26)(H,24,25). The molecular formula is C22H26N2O2. The van der Waals surface area contributed by atoms with Crippen molar-refractivity contribution in [3.8, 4) is 0 Å². The van der Waals surface area contributed by atoms with E-state index in [1.165, 1.54) is 0 Å². The minimum atomic E-state index is -0.603. The predicted molar refractivity (Wildman–Crippen MR) is 104 cm³/mol.